The Morgan fingerprint density at radius 2 is 1.67 bits per heavy atom. The average Bonchev–Trinajstić information content (AvgIpc) is 3.12. The van der Waals surface area contributed by atoms with Crippen LogP contribution >= 0.6 is 0 Å². The van der Waals surface area contributed by atoms with Gasteiger partial charge in [0.05, 0.1) is 18.0 Å². The Labute approximate surface area is 324 Å². The van der Waals surface area contributed by atoms with Crippen molar-refractivity contribution in [3.63, 3.8) is 0 Å². The number of hydrogen-bond donors (Lipinski definition) is 3. The molecule has 0 spiro atoms. The molecule has 1 aliphatic carbocycles. The van der Waals surface area contributed by atoms with Crippen molar-refractivity contribution < 1.29 is 23.9 Å². The molecular weight excluding hydrogens is 678 g/mol. The summed E-state index contributed by atoms with van der Waals surface area (Å²) >= 11 is 0. The number of aldehydes is 1. The number of carbonyl (C=O) groups is 3. The third kappa shape index (κ3) is 12.5. The van der Waals surface area contributed by atoms with Crippen molar-refractivity contribution in [2.24, 2.45) is 11.3 Å². The molecule has 2 aliphatic rings. The fraction of sp³-hybridized carbons (Fsp3) is 0.543. The number of hydrogen-bond acceptors (Lipinski definition) is 5. The Balaban J connectivity index is 0.000000297. The molecule has 1 heterocycles. The highest BCUT2D eigenvalue weighted by Gasteiger charge is 2.29. The quantitative estimate of drug-likeness (QED) is 0.110. The first kappa shape index (κ1) is 44.4. The Hall–Kier alpha value is -4.04. The van der Waals surface area contributed by atoms with E-state index >= 15 is 0 Å². The zero-order valence-corrected chi connectivity index (χ0v) is 34.2. The molecule has 1 aliphatic heterocycles. The van der Waals surface area contributed by atoms with Crippen LogP contribution in [0.1, 0.15) is 132 Å². The standard InChI is InChI=1S/C26H42N2O2.C20H24FNO2/c1-5-26(14-8-6-9-15-26)16-10-7-11-17-28-18-12-13-24(22(28)4)25(30)27-23(20-29)19-21(2)3;1-11-6-12(2)19(13(3)7-11)15-8-14(4)20(21)16(9-15)17(22-5)10-18(23)24/h12-13,18,20-21,23H,4-11,14-17,19H2,1-3H3,(H,27,30);6-9,17,22H,10H2,1-5H3,(H,23,24)/t23-;/m0./s1. The summed E-state index contributed by atoms with van der Waals surface area (Å²) in [4.78, 5) is 37.1. The molecule has 1 fully saturated rings. The van der Waals surface area contributed by atoms with E-state index in [1.807, 2.05) is 46.0 Å². The first-order valence-corrected chi connectivity index (χ1v) is 20.0. The zero-order valence-electron chi connectivity index (χ0n) is 34.2. The van der Waals surface area contributed by atoms with E-state index in [0.717, 1.165) is 47.2 Å². The molecule has 2 atom stereocenters. The Bertz CT molecular complexity index is 1650. The van der Waals surface area contributed by atoms with Gasteiger partial charge in [0.25, 0.3) is 5.91 Å². The molecule has 296 valence electrons. The summed E-state index contributed by atoms with van der Waals surface area (Å²) in [6.45, 7) is 19.3. The molecule has 1 amide bonds. The molecule has 4 rings (SSSR count). The van der Waals surface area contributed by atoms with E-state index in [1.54, 1.807) is 26.1 Å². The van der Waals surface area contributed by atoms with Gasteiger partial charge in [-0.1, -0.05) is 83.6 Å². The van der Waals surface area contributed by atoms with E-state index in [-0.39, 0.29) is 18.1 Å². The summed E-state index contributed by atoms with van der Waals surface area (Å²) in [5, 5.41) is 14.8. The third-order valence-corrected chi connectivity index (χ3v) is 11.3. The van der Waals surface area contributed by atoms with Crippen molar-refractivity contribution in [3.8, 4) is 11.1 Å². The lowest BCUT2D eigenvalue weighted by Crippen LogP contribution is -2.39. The molecule has 0 radical (unpaired) electrons. The molecule has 0 bridgehead atoms. The summed E-state index contributed by atoms with van der Waals surface area (Å²) in [6, 6.07) is 6.80. The van der Waals surface area contributed by atoms with Crippen LogP contribution in [0.2, 0.25) is 0 Å². The lowest BCUT2D eigenvalue weighted by Gasteiger charge is -2.37. The maximum Gasteiger partial charge on any atom is 0.305 e. The molecule has 2 aromatic carbocycles. The van der Waals surface area contributed by atoms with Crippen molar-refractivity contribution >= 4 is 18.2 Å². The van der Waals surface area contributed by atoms with E-state index in [0.29, 0.717) is 34.5 Å². The lowest BCUT2D eigenvalue weighted by molar-refractivity contribution is -0.137. The van der Waals surface area contributed by atoms with Gasteiger partial charge in [0.2, 0.25) is 0 Å². The number of carbonyl (C=O) groups excluding carboxylic acids is 2. The van der Waals surface area contributed by atoms with Gasteiger partial charge in [-0.15, -0.1) is 0 Å². The minimum absolute atomic E-state index is 0.165. The molecule has 0 aromatic heterocycles. The molecular formula is C46H66FN3O4. The van der Waals surface area contributed by atoms with Crippen molar-refractivity contribution in [2.45, 2.75) is 138 Å². The number of amides is 1. The van der Waals surface area contributed by atoms with Crippen LogP contribution in [0.5, 0.6) is 0 Å². The normalized spacial score (nSPS) is 16.3. The van der Waals surface area contributed by atoms with Crippen LogP contribution in [-0.4, -0.2) is 47.8 Å². The van der Waals surface area contributed by atoms with Crippen LogP contribution in [0.3, 0.4) is 0 Å². The highest BCUT2D eigenvalue weighted by molar-refractivity contribution is 5.99. The van der Waals surface area contributed by atoms with Gasteiger partial charge in [-0.2, -0.15) is 0 Å². The third-order valence-electron chi connectivity index (χ3n) is 11.3. The first-order valence-electron chi connectivity index (χ1n) is 20.0. The zero-order chi connectivity index (χ0) is 40.0. The number of unbranched alkanes of at least 4 members (excludes halogenated alkanes) is 2. The Morgan fingerprint density at radius 1 is 1.00 bits per heavy atom. The van der Waals surface area contributed by atoms with Crippen LogP contribution < -0.4 is 10.6 Å². The van der Waals surface area contributed by atoms with E-state index < -0.39 is 18.1 Å². The predicted molar refractivity (Wildman–Crippen MR) is 220 cm³/mol. The highest BCUT2D eigenvalue weighted by Crippen LogP contribution is 2.43. The number of aryl methyl sites for hydroxylation is 4. The molecule has 1 saturated carbocycles. The number of nitrogens with one attached hydrogen (secondary N) is 2. The van der Waals surface area contributed by atoms with Gasteiger partial charge in [-0.25, -0.2) is 4.39 Å². The largest absolute Gasteiger partial charge is 0.481 e. The second-order valence-electron chi connectivity index (χ2n) is 16.0. The van der Waals surface area contributed by atoms with Crippen molar-refractivity contribution in [1.82, 2.24) is 15.5 Å². The van der Waals surface area contributed by atoms with Crippen LogP contribution in [0, 0.1) is 44.8 Å². The number of halogens is 1. The van der Waals surface area contributed by atoms with Crippen molar-refractivity contribution in [1.29, 1.82) is 0 Å². The minimum Gasteiger partial charge on any atom is -0.481 e. The lowest BCUT2D eigenvalue weighted by atomic mass is 9.69. The maximum absolute atomic E-state index is 14.6. The van der Waals surface area contributed by atoms with Crippen molar-refractivity contribution in [2.75, 3.05) is 13.6 Å². The molecule has 7 nitrogen and oxygen atoms in total. The molecule has 8 heteroatoms. The summed E-state index contributed by atoms with van der Waals surface area (Å²) < 4.78 is 14.6. The van der Waals surface area contributed by atoms with Crippen LogP contribution in [0.15, 0.2) is 60.5 Å². The number of carboxylic acid groups (broad SMARTS) is 1. The van der Waals surface area contributed by atoms with E-state index in [4.69, 9.17) is 5.11 Å². The number of aliphatic carboxylic acids is 1. The topological polar surface area (TPSA) is 98.7 Å². The smallest absolute Gasteiger partial charge is 0.305 e. The van der Waals surface area contributed by atoms with E-state index in [9.17, 15) is 18.8 Å². The second kappa shape index (κ2) is 21.2. The summed E-state index contributed by atoms with van der Waals surface area (Å²) in [6.07, 6.45) is 20.3. The fourth-order valence-corrected chi connectivity index (χ4v) is 8.32. The Kier molecular flexibility index (Phi) is 17.4. The number of rotatable bonds is 17. The predicted octanol–water partition coefficient (Wildman–Crippen LogP) is 10.4. The summed E-state index contributed by atoms with van der Waals surface area (Å²) in [5.74, 6) is -1.17. The minimum atomic E-state index is -0.959. The van der Waals surface area contributed by atoms with Gasteiger partial charge < -0.3 is 25.4 Å². The summed E-state index contributed by atoms with van der Waals surface area (Å²) in [7, 11) is 1.65. The fourth-order valence-electron chi connectivity index (χ4n) is 8.32. The Morgan fingerprint density at radius 3 is 2.24 bits per heavy atom. The van der Waals surface area contributed by atoms with Crippen LogP contribution in [0.25, 0.3) is 11.1 Å². The second-order valence-corrected chi connectivity index (χ2v) is 16.0. The summed E-state index contributed by atoms with van der Waals surface area (Å²) in [5.41, 5.74) is 8.24. The maximum atomic E-state index is 14.6. The van der Waals surface area contributed by atoms with Crippen LogP contribution in [-0.2, 0) is 14.4 Å². The van der Waals surface area contributed by atoms with E-state index in [1.165, 1.54) is 63.4 Å². The number of benzene rings is 2. The van der Waals surface area contributed by atoms with Gasteiger partial charge in [-0.05, 0) is 130 Å². The number of carboxylic acids is 1. The van der Waals surface area contributed by atoms with Gasteiger partial charge in [-0.3, -0.25) is 9.59 Å². The molecule has 54 heavy (non-hydrogen) atoms. The van der Waals surface area contributed by atoms with Crippen LogP contribution in [0.4, 0.5) is 4.39 Å². The monoisotopic (exact) mass is 744 g/mol. The van der Waals surface area contributed by atoms with E-state index in [2.05, 4.69) is 48.1 Å². The SMILES string of the molecule is C=C1C(C(=O)N[C@H](C=O)CC(C)C)=CC=CN1CCCCCC1(CC)CCCCC1.CNC(CC(=O)O)c1cc(-c2c(C)cc(C)cc2C)cc(C)c1F. The first-order chi connectivity index (χ1) is 25.6. The van der Waals surface area contributed by atoms with Gasteiger partial charge in [0, 0.05) is 30.0 Å². The van der Waals surface area contributed by atoms with Gasteiger partial charge in [0.1, 0.15) is 12.1 Å². The highest BCUT2D eigenvalue weighted by atomic mass is 19.1. The van der Waals surface area contributed by atoms with Crippen molar-refractivity contribution in [3.05, 3.63) is 94.1 Å². The van der Waals surface area contributed by atoms with Gasteiger partial charge in [0.15, 0.2) is 0 Å². The molecule has 0 saturated heterocycles. The average molecular weight is 744 g/mol. The van der Waals surface area contributed by atoms with Gasteiger partial charge >= 0.3 is 5.97 Å². The molecule has 1 unspecified atom stereocenters. The molecule has 3 N–H and O–H groups in total. The number of allylic oxidation sites excluding steroid dienone is 2. The molecule has 2 aromatic rings. The number of nitrogens with zero attached hydrogens (tertiary/aromatic N) is 1.